The third kappa shape index (κ3) is 3.30. The fraction of sp³-hybridized carbons (Fsp3) is 0.158. The Morgan fingerprint density at radius 2 is 1.79 bits per heavy atom. The van der Waals surface area contributed by atoms with Gasteiger partial charge in [0.05, 0.1) is 5.56 Å². The van der Waals surface area contributed by atoms with Gasteiger partial charge in [-0.2, -0.15) is 0 Å². The molecule has 0 aliphatic rings. The van der Waals surface area contributed by atoms with Gasteiger partial charge in [0.15, 0.2) is 0 Å². The topological polar surface area (TPSA) is 65.2 Å². The lowest BCUT2D eigenvalue weighted by molar-refractivity contribution is 0.0952. The highest BCUT2D eigenvalue weighted by Gasteiger charge is 2.11. The maximum Gasteiger partial charge on any atom is 0.252 e. The Morgan fingerprint density at radius 1 is 1.08 bits per heavy atom. The molecule has 1 heterocycles. The van der Waals surface area contributed by atoms with Crippen LogP contribution in [0.15, 0.2) is 59.4 Å². The Hall–Kier alpha value is -3.08. The number of hydrogen-bond acceptors (Lipinski definition) is 3. The molecule has 3 rings (SSSR count). The molecule has 2 aromatic carbocycles. The first-order valence-electron chi connectivity index (χ1n) is 7.71. The van der Waals surface area contributed by atoms with Gasteiger partial charge in [-0.15, -0.1) is 0 Å². The molecule has 0 fully saturated rings. The second-order valence-electron chi connectivity index (χ2n) is 5.84. The van der Waals surface area contributed by atoms with Crippen LogP contribution >= 0.6 is 0 Å². The van der Waals surface area contributed by atoms with Crippen LogP contribution in [0.2, 0.25) is 0 Å². The first-order chi connectivity index (χ1) is 11.5. The van der Waals surface area contributed by atoms with E-state index in [0.717, 1.165) is 16.6 Å². The molecular weight excluding hydrogens is 302 g/mol. The van der Waals surface area contributed by atoms with E-state index in [1.165, 1.54) is 6.07 Å². The number of nitrogens with zero attached hydrogens (tertiary/aromatic N) is 1. The molecule has 3 aromatic rings. The van der Waals surface area contributed by atoms with Gasteiger partial charge in [0.2, 0.25) is 5.56 Å². The van der Waals surface area contributed by atoms with E-state index in [9.17, 15) is 9.59 Å². The zero-order chi connectivity index (χ0) is 17.1. The smallest absolute Gasteiger partial charge is 0.252 e. The van der Waals surface area contributed by atoms with E-state index in [-0.39, 0.29) is 11.5 Å². The molecule has 24 heavy (non-hydrogen) atoms. The van der Waals surface area contributed by atoms with Crippen molar-refractivity contribution in [1.29, 1.82) is 0 Å². The molecule has 2 N–H and O–H groups in total. The number of pyridine rings is 1. The van der Waals surface area contributed by atoms with Gasteiger partial charge in [0.1, 0.15) is 0 Å². The average molecular weight is 321 g/mol. The maximum absolute atomic E-state index is 12.5. The summed E-state index contributed by atoms with van der Waals surface area (Å²) in [7, 11) is 3.96. The van der Waals surface area contributed by atoms with Crippen molar-refractivity contribution >= 4 is 22.5 Å². The van der Waals surface area contributed by atoms with Crippen molar-refractivity contribution in [2.45, 2.75) is 6.54 Å². The lowest BCUT2D eigenvalue weighted by Gasteiger charge is -2.13. The number of nitrogens with one attached hydrogen (secondary N) is 2. The average Bonchev–Trinajstić information content (AvgIpc) is 2.59. The zero-order valence-electron chi connectivity index (χ0n) is 13.7. The minimum Gasteiger partial charge on any atom is -0.378 e. The number of para-hydroxylation sites is 1. The van der Waals surface area contributed by atoms with E-state index < -0.39 is 0 Å². The molecule has 0 aliphatic carbocycles. The SMILES string of the molecule is CN(C)c1ccc(CNC(=O)c2cc(=O)[nH]c3ccccc23)cc1. The highest BCUT2D eigenvalue weighted by molar-refractivity contribution is 6.05. The summed E-state index contributed by atoms with van der Waals surface area (Å²) in [5, 5.41) is 3.61. The lowest BCUT2D eigenvalue weighted by atomic mass is 10.1. The molecule has 0 spiro atoms. The van der Waals surface area contributed by atoms with Crippen LogP contribution in [0.3, 0.4) is 0 Å². The maximum atomic E-state index is 12.5. The van der Waals surface area contributed by atoms with Gasteiger partial charge in [-0.3, -0.25) is 9.59 Å². The normalized spacial score (nSPS) is 10.6. The molecule has 122 valence electrons. The van der Waals surface area contributed by atoms with E-state index in [0.29, 0.717) is 17.6 Å². The Morgan fingerprint density at radius 3 is 2.50 bits per heavy atom. The van der Waals surface area contributed by atoms with Crippen LogP contribution in [-0.2, 0) is 6.54 Å². The standard InChI is InChI=1S/C19H19N3O2/c1-22(2)14-9-7-13(8-10-14)12-20-19(24)16-11-18(23)21-17-6-4-3-5-15(16)17/h3-11H,12H2,1-2H3,(H,20,24)(H,21,23). The Balaban J connectivity index is 1.79. The van der Waals surface area contributed by atoms with Gasteiger partial charge in [-0.05, 0) is 23.8 Å². The number of amides is 1. The molecule has 1 amide bonds. The summed E-state index contributed by atoms with van der Waals surface area (Å²) in [4.78, 5) is 29.0. The molecule has 0 radical (unpaired) electrons. The van der Waals surface area contributed by atoms with Crippen LogP contribution in [0.4, 0.5) is 5.69 Å². The van der Waals surface area contributed by atoms with E-state index in [4.69, 9.17) is 0 Å². The highest BCUT2D eigenvalue weighted by atomic mass is 16.2. The summed E-state index contributed by atoms with van der Waals surface area (Å²) in [6.45, 7) is 0.410. The number of anilines is 1. The summed E-state index contributed by atoms with van der Waals surface area (Å²) >= 11 is 0. The zero-order valence-corrected chi connectivity index (χ0v) is 13.7. The summed E-state index contributed by atoms with van der Waals surface area (Å²) in [5.41, 5.74) is 2.87. The molecule has 5 heteroatoms. The van der Waals surface area contributed by atoms with Crippen LogP contribution in [0, 0.1) is 0 Å². The second-order valence-corrected chi connectivity index (χ2v) is 5.84. The van der Waals surface area contributed by atoms with Crippen LogP contribution in [0.1, 0.15) is 15.9 Å². The van der Waals surface area contributed by atoms with Crippen molar-refractivity contribution in [1.82, 2.24) is 10.3 Å². The van der Waals surface area contributed by atoms with Crippen molar-refractivity contribution in [2.75, 3.05) is 19.0 Å². The van der Waals surface area contributed by atoms with E-state index in [1.54, 1.807) is 6.07 Å². The second kappa shape index (κ2) is 6.58. The molecule has 1 aromatic heterocycles. The van der Waals surface area contributed by atoms with Crippen molar-refractivity contribution < 1.29 is 4.79 Å². The van der Waals surface area contributed by atoms with Crippen LogP contribution in [0.5, 0.6) is 0 Å². The number of carbonyl (C=O) groups excluding carboxylic acids is 1. The van der Waals surface area contributed by atoms with Crippen molar-refractivity contribution in [2.24, 2.45) is 0 Å². The summed E-state index contributed by atoms with van der Waals surface area (Å²) in [5.74, 6) is -0.256. The molecule has 0 saturated heterocycles. The summed E-state index contributed by atoms with van der Waals surface area (Å²) in [6, 6.07) is 16.6. The Kier molecular flexibility index (Phi) is 4.33. The fourth-order valence-electron chi connectivity index (χ4n) is 2.58. The number of hydrogen-bond donors (Lipinski definition) is 2. The quantitative estimate of drug-likeness (QED) is 0.776. The number of benzene rings is 2. The van der Waals surface area contributed by atoms with Crippen LogP contribution < -0.4 is 15.8 Å². The van der Waals surface area contributed by atoms with E-state index >= 15 is 0 Å². The first kappa shape index (κ1) is 15.8. The Bertz CT molecular complexity index is 927. The number of H-pyrrole nitrogens is 1. The third-order valence-corrected chi connectivity index (χ3v) is 3.90. The number of rotatable bonds is 4. The van der Waals surface area contributed by atoms with Crippen LogP contribution in [-0.4, -0.2) is 25.0 Å². The summed E-state index contributed by atoms with van der Waals surface area (Å²) < 4.78 is 0. The number of aromatic amines is 1. The highest BCUT2D eigenvalue weighted by Crippen LogP contribution is 2.15. The van der Waals surface area contributed by atoms with Crippen molar-refractivity contribution in [3.63, 3.8) is 0 Å². The first-order valence-corrected chi connectivity index (χ1v) is 7.71. The molecule has 0 bridgehead atoms. The number of fused-ring (bicyclic) bond motifs is 1. The van der Waals surface area contributed by atoms with Crippen molar-refractivity contribution in [3.05, 3.63) is 76.1 Å². The van der Waals surface area contributed by atoms with Gasteiger partial charge >= 0.3 is 0 Å². The predicted molar refractivity (Wildman–Crippen MR) is 96.5 cm³/mol. The minimum atomic E-state index is -0.283. The monoisotopic (exact) mass is 321 g/mol. The van der Waals surface area contributed by atoms with Gasteiger partial charge < -0.3 is 15.2 Å². The lowest BCUT2D eigenvalue weighted by Crippen LogP contribution is -2.24. The van der Waals surface area contributed by atoms with Gasteiger partial charge in [0.25, 0.3) is 5.91 Å². The number of carbonyl (C=O) groups is 1. The van der Waals surface area contributed by atoms with E-state index in [1.807, 2.05) is 61.5 Å². The summed E-state index contributed by atoms with van der Waals surface area (Å²) in [6.07, 6.45) is 0. The van der Waals surface area contributed by atoms with Gasteiger partial charge in [-0.1, -0.05) is 30.3 Å². The third-order valence-electron chi connectivity index (χ3n) is 3.90. The van der Waals surface area contributed by atoms with Gasteiger partial charge in [0, 0.05) is 43.3 Å². The van der Waals surface area contributed by atoms with Gasteiger partial charge in [-0.25, -0.2) is 0 Å². The fourth-order valence-corrected chi connectivity index (χ4v) is 2.58. The van der Waals surface area contributed by atoms with Crippen molar-refractivity contribution in [3.8, 4) is 0 Å². The largest absolute Gasteiger partial charge is 0.378 e. The molecule has 0 unspecified atom stereocenters. The molecule has 0 saturated carbocycles. The van der Waals surface area contributed by atoms with Crippen LogP contribution in [0.25, 0.3) is 10.9 Å². The van der Waals surface area contributed by atoms with E-state index in [2.05, 4.69) is 10.3 Å². The predicted octanol–water partition coefficient (Wildman–Crippen LogP) is 2.52. The Labute approximate surface area is 139 Å². The number of aromatic nitrogens is 1. The molecule has 0 aliphatic heterocycles. The molecule has 5 nitrogen and oxygen atoms in total. The molecular formula is C19H19N3O2. The minimum absolute atomic E-state index is 0.256. The molecule has 0 atom stereocenters.